The number of para-hydroxylation sites is 2. The predicted octanol–water partition coefficient (Wildman–Crippen LogP) is 5.23. The summed E-state index contributed by atoms with van der Waals surface area (Å²) >= 11 is 0. The Morgan fingerprint density at radius 1 is 0.941 bits per heavy atom. The molecule has 168 valence electrons. The molecule has 3 aromatic carbocycles. The minimum absolute atomic E-state index is 0.0475. The van der Waals surface area contributed by atoms with Gasteiger partial charge in [0.1, 0.15) is 17.4 Å². The van der Waals surface area contributed by atoms with Crippen LogP contribution in [-0.2, 0) is 6.18 Å². The average Bonchev–Trinajstić information content (AvgIpc) is 2.83. The first-order valence-corrected chi connectivity index (χ1v) is 10.3. The molecular formula is C26H16F3N3O2. The first kappa shape index (κ1) is 21.3. The second-order valence-corrected chi connectivity index (χ2v) is 7.75. The second kappa shape index (κ2) is 7.81. The van der Waals surface area contributed by atoms with E-state index in [0.717, 1.165) is 6.07 Å². The molecule has 8 heteroatoms. The van der Waals surface area contributed by atoms with Gasteiger partial charge in [-0.2, -0.15) is 18.4 Å². The maximum atomic E-state index is 14.0. The van der Waals surface area contributed by atoms with Crippen LogP contribution in [0.5, 0.6) is 5.75 Å². The summed E-state index contributed by atoms with van der Waals surface area (Å²) in [5.41, 5.74) is 4.92. The number of fused-ring (bicyclic) bond motifs is 3. The van der Waals surface area contributed by atoms with Gasteiger partial charge >= 0.3 is 6.18 Å². The van der Waals surface area contributed by atoms with E-state index in [0.29, 0.717) is 16.6 Å². The average molecular weight is 459 g/mol. The monoisotopic (exact) mass is 459 g/mol. The quantitative estimate of drug-likeness (QED) is 0.445. The lowest BCUT2D eigenvalue weighted by Crippen LogP contribution is -2.32. The van der Waals surface area contributed by atoms with Crippen LogP contribution in [0.3, 0.4) is 0 Å². The third-order valence-corrected chi connectivity index (χ3v) is 5.83. The molecule has 0 fully saturated rings. The molecule has 0 spiro atoms. The molecule has 0 saturated carbocycles. The van der Waals surface area contributed by atoms with Crippen molar-refractivity contribution in [1.29, 1.82) is 5.26 Å². The zero-order valence-corrected chi connectivity index (χ0v) is 17.5. The van der Waals surface area contributed by atoms with Crippen LogP contribution in [-0.4, -0.2) is 4.57 Å². The lowest BCUT2D eigenvalue weighted by atomic mass is 9.81. The van der Waals surface area contributed by atoms with Crippen molar-refractivity contribution >= 4 is 10.9 Å². The maximum Gasteiger partial charge on any atom is 0.416 e. The summed E-state index contributed by atoms with van der Waals surface area (Å²) in [5.74, 6) is -1.65. The van der Waals surface area contributed by atoms with Gasteiger partial charge in [0.15, 0.2) is 0 Å². The van der Waals surface area contributed by atoms with E-state index in [1.165, 1.54) is 22.8 Å². The van der Waals surface area contributed by atoms with Crippen LogP contribution in [0.2, 0.25) is 0 Å². The number of hydrogen-bond acceptors (Lipinski definition) is 4. The molecule has 5 rings (SSSR count). The lowest BCUT2D eigenvalue weighted by molar-refractivity contribution is -0.138. The van der Waals surface area contributed by atoms with Crippen molar-refractivity contribution < 1.29 is 17.9 Å². The molecule has 1 atom stereocenters. The molecule has 0 radical (unpaired) electrons. The van der Waals surface area contributed by atoms with Crippen LogP contribution in [0.4, 0.5) is 13.2 Å². The molecule has 5 nitrogen and oxygen atoms in total. The minimum Gasteiger partial charge on any atom is -0.439 e. The van der Waals surface area contributed by atoms with Gasteiger partial charge in [0, 0.05) is 11.1 Å². The molecule has 1 aliphatic rings. The zero-order valence-electron chi connectivity index (χ0n) is 17.5. The Labute approximate surface area is 191 Å². The second-order valence-electron chi connectivity index (χ2n) is 7.75. The van der Waals surface area contributed by atoms with E-state index in [-0.39, 0.29) is 28.3 Å². The van der Waals surface area contributed by atoms with E-state index >= 15 is 0 Å². The first-order chi connectivity index (χ1) is 16.3. The van der Waals surface area contributed by atoms with Crippen LogP contribution in [0.1, 0.15) is 22.6 Å². The van der Waals surface area contributed by atoms with Crippen molar-refractivity contribution in [3.63, 3.8) is 0 Å². The van der Waals surface area contributed by atoms with E-state index in [9.17, 15) is 23.2 Å². The summed E-state index contributed by atoms with van der Waals surface area (Å²) in [7, 11) is 0. The fourth-order valence-electron chi connectivity index (χ4n) is 4.42. The van der Waals surface area contributed by atoms with E-state index in [1.54, 1.807) is 54.6 Å². The number of rotatable bonds is 2. The number of nitrogens with two attached hydrogens (primary N) is 1. The number of halogens is 3. The molecule has 2 N–H and O–H groups in total. The van der Waals surface area contributed by atoms with Gasteiger partial charge in [0.2, 0.25) is 5.88 Å². The maximum absolute atomic E-state index is 14.0. The summed E-state index contributed by atoms with van der Waals surface area (Å²) < 4.78 is 49.0. The van der Waals surface area contributed by atoms with E-state index in [1.807, 2.05) is 6.07 Å². The predicted molar refractivity (Wildman–Crippen MR) is 120 cm³/mol. The number of nitrogens with zero attached hydrogens (tertiary/aromatic N) is 2. The molecule has 4 aromatic rings. The molecular weight excluding hydrogens is 443 g/mol. The highest BCUT2D eigenvalue weighted by Gasteiger charge is 2.41. The van der Waals surface area contributed by atoms with Gasteiger partial charge in [-0.15, -0.1) is 0 Å². The van der Waals surface area contributed by atoms with Crippen molar-refractivity contribution in [2.75, 3.05) is 0 Å². The molecule has 34 heavy (non-hydrogen) atoms. The third-order valence-electron chi connectivity index (χ3n) is 5.83. The Bertz CT molecular complexity index is 1560. The largest absolute Gasteiger partial charge is 0.439 e. The van der Waals surface area contributed by atoms with E-state index in [4.69, 9.17) is 10.5 Å². The molecule has 0 saturated heterocycles. The van der Waals surface area contributed by atoms with Gasteiger partial charge in [-0.3, -0.25) is 9.36 Å². The summed E-state index contributed by atoms with van der Waals surface area (Å²) in [4.78, 5) is 14.0. The lowest BCUT2D eigenvalue weighted by Gasteiger charge is -2.29. The van der Waals surface area contributed by atoms with Gasteiger partial charge in [0.25, 0.3) is 5.56 Å². The summed E-state index contributed by atoms with van der Waals surface area (Å²) in [6, 6.07) is 22.4. The molecule has 1 unspecified atom stereocenters. The van der Waals surface area contributed by atoms with Crippen LogP contribution in [0.25, 0.3) is 16.6 Å². The Balaban J connectivity index is 1.95. The standard InChI is InChI=1S/C26H16F3N3O2/c27-26(28,29)19-12-6-4-10-16(19)21-18(14-30)24(31)34-23-17-11-5-7-13-20(17)32(25(33)22(21)23)15-8-2-1-3-9-15/h1-13,21H,31H2. The highest BCUT2D eigenvalue weighted by atomic mass is 19.4. The Morgan fingerprint density at radius 2 is 1.59 bits per heavy atom. The number of benzene rings is 3. The first-order valence-electron chi connectivity index (χ1n) is 10.3. The minimum atomic E-state index is -4.71. The van der Waals surface area contributed by atoms with Crippen LogP contribution >= 0.6 is 0 Å². The molecule has 0 bridgehead atoms. The van der Waals surface area contributed by atoms with Crippen LogP contribution in [0, 0.1) is 11.3 Å². The summed E-state index contributed by atoms with van der Waals surface area (Å²) in [5, 5.41) is 10.3. The van der Waals surface area contributed by atoms with Crippen molar-refractivity contribution in [2.24, 2.45) is 5.73 Å². The highest BCUT2D eigenvalue weighted by Crippen LogP contribution is 2.46. The van der Waals surface area contributed by atoms with Gasteiger partial charge in [-0.25, -0.2) is 0 Å². The van der Waals surface area contributed by atoms with Crippen molar-refractivity contribution in [3.8, 4) is 17.5 Å². The number of allylic oxidation sites excluding steroid dienone is 1. The Kier molecular flexibility index (Phi) is 4.91. The number of nitriles is 1. The van der Waals surface area contributed by atoms with Gasteiger partial charge in [-0.1, -0.05) is 48.5 Å². The zero-order chi connectivity index (χ0) is 24.0. The fraction of sp³-hybridized carbons (Fsp3) is 0.0769. The number of pyridine rings is 1. The van der Waals surface area contributed by atoms with Gasteiger partial charge < -0.3 is 10.5 Å². The molecule has 0 amide bonds. The number of alkyl halides is 3. The third kappa shape index (κ3) is 3.21. The molecule has 1 aliphatic heterocycles. The number of aromatic nitrogens is 1. The number of hydrogen-bond donors (Lipinski definition) is 1. The van der Waals surface area contributed by atoms with Crippen molar-refractivity contribution in [2.45, 2.75) is 12.1 Å². The smallest absolute Gasteiger partial charge is 0.416 e. The van der Waals surface area contributed by atoms with Gasteiger partial charge in [0.05, 0.1) is 22.6 Å². The van der Waals surface area contributed by atoms with Crippen LogP contribution in [0.15, 0.2) is 95.1 Å². The van der Waals surface area contributed by atoms with Crippen molar-refractivity contribution in [3.05, 3.63) is 117 Å². The summed E-state index contributed by atoms with van der Waals surface area (Å²) in [6.07, 6.45) is -4.71. The Hall–Kier alpha value is -4.51. The van der Waals surface area contributed by atoms with Crippen LogP contribution < -0.4 is 16.0 Å². The SMILES string of the molecule is N#CC1=C(N)Oc2c(c(=O)n(-c3ccccc3)c3ccccc23)C1c1ccccc1C(F)(F)F. The van der Waals surface area contributed by atoms with E-state index < -0.39 is 23.2 Å². The molecule has 2 heterocycles. The Morgan fingerprint density at radius 3 is 2.29 bits per heavy atom. The van der Waals surface area contributed by atoms with Crippen molar-refractivity contribution in [1.82, 2.24) is 4.57 Å². The van der Waals surface area contributed by atoms with E-state index in [2.05, 4.69) is 0 Å². The normalized spacial score (nSPS) is 15.5. The molecule has 1 aromatic heterocycles. The fourth-order valence-corrected chi connectivity index (χ4v) is 4.42. The summed E-state index contributed by atoms with van der Waals surface area (Å²) in [6.45, 7) is 0. The van der Waals surface area contributed by atoms with Gasteiger partial charge in [-0.05, 0) is 35.9 Å². The highest BCUT2D eigenvalue weighted by molar-refractivity contribution is 5.89. The number of ether oxygens (including phenoxy) is 1. The topological polar surface area (TPSA) is 81.0 Å². The molecule has 0 aliphatic carbocycles.